The van der Waals surface area contributed by atoms with Gasteiger partial charge in [0.25, 0.3) is 0 Å². The number of hydrogen-bond donors (Lipinski definition) is 0. The SMILES string of the molecule is Cc1cccc(N(C2=CC=C(c3ccc(N(c4ccccc4)C4CC=CC(C)C4)cc3)CC2)c2ccccc2)c1. The first-order valence-electron chi connectivity index (χ1n) is 14.6. The maximum absolute atomic E-state index is 2.54. The summed E-state index contributed by atoms with van der Waals surface area (Å²) in [4.78, 5) is 4.94. The Balaban J connectivity index is 1.28. The summed E-state index contributed by atoms with van der Waals surface area (Å²) in [6.07, 6.45) is 13.6. The van der Waals surface area contributed by atoms with Crippen molar-refractivity contribution in [1.29, 1.82) is 0 Å². The van der Waals surface area contributed by atoms with Gasteiger partial charge in [-0.1, -0.05) is 85.8 Å². The van der Waals surface area contributed by atoms with Gasteiger partial charge in [-0.2, -0.15) is 0 Å². The van der Waals surface area contributed by atoms with Crippen molar-refractivity contribution in [2.45, 2.75) is 45.6 Å². The van der Waals surface area contributed by atoms with Gasteiger partial charge >= 0.3 is 0 Å². The number of aryl methyl sites for hydroxylation is 1. The molecule has 0 heterocycles. The third-order valence-electron chi connectivity index (χ3n) is 8.12. The van der Waals surface area contributed by atoms with Crippen LogP contribution in [0.5, 0.6) is 0 Å². The maximum atomic E-state index is 2.54. The lowest BCUT2D eigenvalue weighted by Crippen LogP contribution is -2.33. The quantitative estimate of drug-likeness (QED) is 0.223. The number of anilines is 4. The molecule has 0 saturated carbocycles. The molecule has 0 aromatic heterocycles. The normalized spacial score (nSPS) is 18.6. The van der Waals surface area contributed by atoms with Crippen molar-refractivity contribution in [3.05, 3.63) is 150 Å². The molecule has 4 aromatic rings. The monoisotopic (exact) mass is 522 g/mol. The third-order valence-corrected chi connectivity index (χ3v) is 8.12. The zero-order chi connectivity index (χ0) is 27.3. The van der Waals surface area contributed by atoms with Crippen molar-refractivity contribution in [2.75, 3.05) is 9.80 Å². The van der Waals surface area contributed by atoms with Gasteiger partial charge in [-0.15, -0.1) is 0 Å². The molecule has 4 aromatic carbocycles. The van der Waals surface area contributed by atoms with Crippen molar-refractivity contribution in [2.24, 2.45) is 5.92 Å². The molecule has 2 atom stereocenters. The molecule has 0 radical (unpaired) electrons. The van der Waals surface area contributed by atoms with E-state index in [4.69, 9.17) is 0 Å². The molecule has 6 rings (SSSR count). The molecule has 0 aliphatic heterocycles. The summed E-state index contributed by atoms with van der Waals surface area (Å²) in [5.41, 5.74) is 10.3. The smallest absolute Gasteiger partial charge is 0.0461 e. The van der Waals surface area contributed by atoms with Crippen molar-refractivity contribution < 1.29 is 0 Å². The molecule has 0 N–H and O–H groups in total. The Morgan fingerprint density at radius 1 is 0.650 bits per heavy atom. The second-order valence-electron chi connectivity index (χ2n) is 11.1. The first kappa shape index (κ1) is 26.0. The molecular weight excluding hydrogens is 484 g/mol. The summed E-state index contributed by atoms with van der Waals surface area (Å²) >= 11 is 0. The molecule has 0 bridgehead atoms. The van der Waals surface area contributed by atoms with E-state index in [0.29, 0.717) is 12.0 Å². The molecule has 2 aliphatic rings. The number of benzene rings is 4. The zero-order valence-electron chi connectivity index (χ0n) is 23.6. The lowest BCUT2D eigenvalue weighted by Gasteiger charge is -2.36. The molecule has 2 heteroatoms. The Hall–Kier alpha value is -4.30. The molecule has 40 heavy (non-hydrogen) atoms. The van der Waals surface area contributed by atoms with Gasteiger partial charge in [-0.25, -0.2) is 0 Å². The Kier molecular flexibility index (Phi) is 7.68. The lowest BCUT2D eigenvalue weighted by atomic mass is 9.91. The maximum Gasteiger partial charge on any atom is 0.0461 e. The molecule has 2 aliphatic carbocycles. The predicted molar refractivity (Wildman–Crippen MR) is 171 cm³/mol. The van der Waals surface area contributed by atoms with Crippen molar-refractivity contribution in [3.63, 3.8) is 0 Å². The fraction of sp³-hybridized carbons (Fsp3) is 0.211. The first-order chi connectivity index (χ1) is 19.7. The van der Waals surface area contributed by atoms with Crippen molar-refractivity contribution in [3.8, 4) is 0 Å². The molecule has 0 fully saturated rings. The second kappa shape index (κ2) is 11.8. The number of rotatable bonds is 7. The summed E-state index contributed by atoms with van der Waals surface area (Å²) < 4.78 is 0. The van der Waals surface area contributed by atoms with Crippen LogP contribution in [0.15, 0.2) is 139 Å². The predicted octanol–water partition coefficient (Wildman–Crippen LogP) is 10.4. The van der Waals surface area contributed by atoms with Crippen LogP contribution in [0, 0.1) is 12.8 Å². The molecule has 200 valence electrons. The number of para-hydroxylation sites is 2. The highest BCUT2D eigenvalue weighted by atomic mass is 15.2. The Bertz CT molecular complexity index is 1510. The summed E-state index contributed by atoms with van der Waals surface area (Å²) in [5, 5.41) is 0. The molecule has 2 nitrogen and oxygen atoms in total. The lowest BCUT2D eigenvalue weighted by molar-refractivity contribution is 0.502. The Labute approximate surface area is 239 Å². The standard InChI is InChI=1S/C38H38N2/c1-29-11-9-17-37(27-29)39(33-13-5-3-6-14-33)35-23-19-31(20-24-35)32-21-25-36(26-22-32)40(34-15-7-4-8-16-34)38-18-10-12-30(2)28-38/h3-17,19,21-23,25-27,30,38H,18,20,24,28H2,1-2H3. The van der Waals surface area contributed by atoms with E-state index in [1.807, 2.05) is 0 Å². The van der Waals surface area contributed by atoms with Crippen LogP contribution in [-0.2, 0) is 0 Å². The molecular formula is C38H38N2. The summed E-state index contributed by atoms with van der Waals surface area (Å²) in [6, 6.07) is 40.1. The number of nitrogens with zero attached hydrogens (tertiary/aromatic N) is 2. The fourth-order valence-electron chi connectivity index (χ4n) is 6.16. The molecule has 0 saturated heterocycles. The van der Waals surface area contributed by atoms with E-state index in [0.717, 1.165) is 19.3 Å². The van der Waals surface area contributed by atoms with E-state index in [-0.39, 0.29) is 0 Å². The summed E-state index contributed by atoms with van der Waals surface area (Å²) in [7, 11) is 0. The second-order valence-corrected chi connectivity index (χ2v) is 11.1. The minimum Gasteiger partial charge on any atom is -0.338 e. The van der Waals surface area contributed by atoms with E-state index < -0.39 is 0 Å². The van der Waals surface area contributed by atoms with Crippen LogP contribution in [0.25, 0.3) is 5.57 Å². The van der Waals surface area contributed by atoms with Gasteiger partial charge < -0.3 is 9.80 Å². The van der Waals surface area contributed by atoms with Crippen LogP contribution in [0.4, 0.5) is 22.7 Å². The van der Waals surface area contributed by atoms with Gasteiger partial charge in [0.2, 0.25) is 0 Å². The van der Waals surface area contributed by atoms with Crippen LogP contribution >= 0.6 is 0 Å². The van der Waals surface area contributed by atoms with E-state index in [1.54, 1.807) is 0 Å². The average Bonchev–Trinajstić information content (AvgIpc) is 3.00. The van der Waals surface area contributed by atoms with Crippen LogP contribution in [0.1, 0.15) is 43.7 Å². The number of hydrogen-bond acceptors (Lipinski definition) is 2. The van der Waals surface area contributed by atoms with Gasteiger partial charge in [0, 0.05) is 34.5 Å². The first-order valence-corrected chi connectivity index (χ1v) is 14.6. The van der Waals surface area contributed by atoms with Crippen LogP contribution in [0.3, 0.4) is 0 Å². The van der Waals surface area contributed by atoms with Crippen molar-refractivity contribution in [1.82, 2.24) is 0 Å². The van der Waals surface area contributed by atoms with Gasteiger partial charge in [0.15, 0.2) is 0 Å². The van der Waals surface area contributed by atoms with Gasteiger partial charge in [0.05, 0.1) is 0 Å². The van der Waals surface area contributed by atoms with Gasteiger partial charge in [0.1, 0.15) is 0 Å². The topological polar surface area (TPSA) is 6.48 Å². The minimum atomic E-state index is 0.471. The van der Waals surface area contributed by atoms with E-state index in [1.165, 1.54) is 51.6 Å². The van der Waals surface area contributed by atoms with E-state index in [9.17, 15) is 0 Å². The summed E-state index contributed by atoms with van der Waals surface area (Å²) in [5.74, 6) is 0.605. The Morgan fingerprint density at radius 3 is 1.98 bits per heavy atom. The number of allylic oxidation sites excluding steroid dienone is 5. The molecule has 0 amide bonds. The summed E-state index contributed by atoms with van der Waals surface area (Å²) in [6.45, 7) is 4.48. The molecule has 2 unspecified atom stereocenters. The van der Waals surface area contributed by atoms with Crippen LogP contribution in [0.2, 0.25) is 0 Å². The largest absolute Gasteiger partial charge is 0.338 e. The van der Waals surface area contributed by atoms with Gasteiger partial charge in [-0.3, -0.25) is 0 Å². The van der Waals surface area contributed by atoms with Crippen LogP contribution < -0.4 is 9.80 Å². The Morgan fingerprint density at radius 2 is 1.32 bits per heavy atom. The van der Waals surface area contributed by atoms with Crippen molar-refractivity contribution >= 4 is 28.3 Å². The highest BCUT2D eigenvalue weighted by Gasteiger charge is 2.24. The van der Waals surface area contributed by atoms with Crippen LogP contribution in [-0.4, -0.2) is 6.04 Å². The zero-order valence-corrected chi connectivity index (χ0v) is 23.6. The fourth-order valence-corrected chi connectivity index (χ4v) is 6.16. The highest BCUT2D eigenvalue weighted by molar-refractivity contribution is 5.75. The highest BCUT2D eigenvalue weighted by Crippen LogP contribution is 2.38. The third kappa shape index (κ3) is 5.67. The molecule has 0 spiro atoms. The minimum absolute atomic E-state index is 0.471. The van der Waals surface area contributed by atoms with E-state index in [2.05, 4.69) is 157 Å². The van der Waals surface area contributed by atoms with E-state index >= 15 is 0 Å². The average molecular weight is 523 g/mol. The van der Waals surface area contributed by atoms with Gasteiger partial charge in [-0.05, 0) is 110 Å².